The summed E-state index contributed by atoms with van der Waals surface area (Å²) in [6.07, 6.45) is 1.65. The van der Waals surface area contributed by atoms with E-state index in [0.29, 0.717) is 11.6 Å². The van der Waals surface area contributed by atoms with Crippen molar-refractivity contribution in [2.45, 2.75) is 25.2 Å². The van der Waals surface area contributed by atoms with Gasteiger partial charge in [0, 0.05) is 18.2 Å². The van der Waals surface area contributed by atoms with Crippen LogP contribution in [-0.4, -0.2) is 43.0 Å². The van der Waals surface area contributed by atoms with E-state index in [1.54, 1.807) is 6.20 Å². The average molecular weight is 255 g/mol. The molecular weight excluding hydrogens is 236 g/mol. The number of likely N-dealkylation sites (N-methyl/N-ethyl adjacent to an activating group) is 1. The maximum Gasteiger partial charge on any atom is 0.255 e. The van der Waals surface area contributed by atoms with Gasteiger partial charge in [0.25, 0.3) is 6.43 Å². The Morgan fingerprint density at radius 3 is 2.94 bits per heavy atom. The number of rotatable bonds is 4. The first-order chi connectivity index (χ1) is 8.65. The maximum atomic E-state index is 12.0. The quantitative estimate of drug-likeness (QED) is 0.896. The lowest BCUT2D eigenvalue weighted by Gasteiger charge is -2.29. The van der Waals surface area contributed by atoms with Crippen LogP contribution >= 0.6 is 0 Å². The van der Waals surface area contributed by atoms with E-state index in [0.717, 1.165) is 25.2 Å². The van der Waals surface area contributed by atoms with Gasteiger partial charge in [-0.1, -0.05) is 0 Å². The molecule has 0 aromatic carbocycles. The van der Waals surface area contributed by atoms with Crippen molar-refractivity contribution in [3.05, 3.63) is 24.0 Å². The van der Waals surface area contributed by atoms with Crippen LogP contribution in [0.1, 0.15) is 24.5 Å². The van der Waals surface area contributed by atoms with E-state index >= 15 is 0 Å². The first-order valence-corrected chi connectivity index (χ1v) is 6.31. The molecule has 1 aliphatic rings. The van der Waals surface area contributed by atoms with Gasteiger partial charge < -0.3 is 10.2 Å². The number of hydrogen-bond acceptors (Lipinski definition) is 3. The highest BCUT2D eigenvalue weighted by Gasteiger charge is 2.19. The molecule has 0 amide bonds. The van der Waals surface area contributed by atoms with Crippen molar-refractivity contribution >= 4 is 5.69 Å². The monoisotopic (exact) mass is 255 g/mol. The minimum atomic E-state index is -2.34. The largest absolute Gasteiger partial charge is 0.378 e. The molecule has 5 heteroatoms. The van der Waals surface area contributed by atoms with Crippen LogP contribution in [0.25, 0.3) is 0 Å². The van der Waals surface area contributed by atoms with Crippen molar-refractivity contribution in [2.75, 3.05) is 32.0 Å². The second-order valence-corrected chi connectivity index (χ2v) is 4.85. The Bertz CT molecular complexity index is 367. The molecule has 3 nitrogen and oxygen atoms in total. The molecule has 1 N–H and O–H groups in total. The van der Waals surface area contributed by atoms with E-state index in [-0.39, 0.29) is 6.54 Å². The Balaban J connectivity index is 1.94. The third-order valence-electron chi connectivity index (χ3n) is 3.29. The van der Waals surface area contributed by atoms with E-state index < -0.39 is 6.43 Å². The van der Waals surface area contributed by atoms with Crippen LogP contribution in [0, 0.1) is 0 Å². The maximum absolute atomic E-state index is 12.0. The molecule has 0 aliphatic carbocycles. The summed E-state index contributed by atoms with van der Waals surface area (Å²) in [6.45, 7) is 1.84. The summed E-state index contributed by atoms with van der Waals surface area (Å²) >= 11 is 0. The normalized spacial score (nSPS) is 21.2. The van der Waals surface area contributed by atoms with Gasteiger partial charge in [0.05, 0.1) is 18.4 Å². The highest BCUT2D eigenvalue weighted by Crippen LogP contribution is 2.25. The van der Waals surface area contributed by atoms with Crippen molar-refractivity contribution in [2.24, 2.45) is 0 Å². The first kappa shape index (κ1) is 13.2. The highest BCUT2D eigenvalue weighted by molar-refractivity contribution is 5.41. The lowest BCUT2D eigenvalue weighted by Crippen LogP contribution is -2.31. The number of aromatic nitrogens is 1. The number of pyridine rings is 1. The summed E-state index contributed by atoms with van der Waals surface area (Å²) in [5.41, 5.74) is 1.72. The van der Waals surface area contributed by atoms with Crippen molar-refractivity contribution < 1.29 is 8.78 Å². The summed E-state index contributed by atoms with van der Waals surface area (Å²) in [5, 5.41) is 2.66. The van der Waals surface area contributed by atoms with Gasteiger partial charge in [-0.15, -0.1) is 0 Å². The molecule has 1 aliphatic heterocycles. The van der Waals surface area contributed by atoms with Gasteiger partial charge in [-0.05, 0) is 38.6 Å². The molecule has 2 heterocycles. The first-order valence-electron chi connectivity index (χ1n) is 6.31. The summed E-state index contributed by atoms with van der Waals surface area (Å²) < 4.78 is 24.1. The van der Waals surface area contributed by atoms with Crippen molar-refractivity contribution in [1.29, 1.82) is 0 Å². The lowest BCUT2D eigenvalue weighted by molar-refractivity contribution is 0.163. The molecule has 100 valence electrons. The van der Waals surface area contributed by atoms with E-state index in [1.807, 2.05) is 12.1 Å². The zero-order chi connectivity index (χ0) is 13.0. The summed E-state index contributed by atoms with van der Waals surface area (Å²) in [7, 11) is 2.12. The van der Waals surface area contributed by atoms with Crippen LogP contribution in [0.3, 0.4) is 0 Å². The summed E-state index contributed by atoms with van der Waals surface area (Å²) in [6, 6.07) is 3.77. The topological polar surface area (TPSA) is 28.2 Å². The molecule has 2 rings (SSSR count). The summed E-state index contributed by atoms with van der Waals surface area (Å²) in [4.78, 5) is 6.69. The molecule has 0 saturated carbocycles. The Morgan fingerprint density at radius 2 is 2.33 bits per heavy atom. The average Bonchev–Trinajstić information content (AvgIpc) is 2.37. The van der Waals surface area contributed by atoms with Gasteiger partial charge in [-0.2, -0.15) is 0 Å². The van der Waals surface area contributed by atoms with Gasteiger partial charge >= 0.3 is 0 Å². The third-order valence-corrected chi connectivity index (χ3v) is 3.29. The second-order valence-electron chi connectivity index (χ2n) is 4.85. The fraction of sp³-hybridized carbons (Fsp3) is 0.615. The number of alkyl halides is 2. The molecule has 0 radical (unpaired) electrons. The van der Waals surface area contributed by atoms with Crippen LogP contribution in [0.15, 0.2) is 18.3 Å². The smallest absolute Gasteiger partial charge is 0.255 e. The highest BCUT2D eigenvalue weighted by atomic mass is 19.3. The Kier molecular flexibility index (Phi) is 4.47. The Morgan fingerprint density at radius 1 is 1.50 bits per heavy atom. The number of likely N-dealkylation sites (tertiary alicyclic amines) is 1. The number of nitrogens with zero attached hydrogens (tertiary/aromatic N) is 2. The van der Waals surface area contributed by atoms with Gasteiger partial charge in [-0.3, -0.25) is 4.98 Å². The number of piperidine rings is 1. The molecule has 1 fully saturated rings. The fourth-order valence-electron chi connectivity index (χ4n) is 2.35. The second kappa shape index (κ2) is 6.09. The molecule has 0 spiro atoms. The Labute approximate surface area is 106 Å². The van der Waals surface area contributed by atoms with Crippen molar-refractivity contribution in [3.8, 4) is 0 Å². The predicted octanol–water partition coefficient (Wildman–Crippen LogP) is 2.57. The third kappa shape index (κ3) is 3.63. The molecule has 18 heavy (non-hydrogen) atoms. The molecule has 1 saturated heterocycles. The number of nitrogens with one attached hydrogen (secondary N) is 1. The van der Waals surface area contributed by atoms with Gasteiger partial charge in [-0.25, -0.2) is 8.78 Å². The molecule has 0 unspecified atom stereocenters. The van der Waals surface area contributed by atoms with Crippen LogP contribution in [0.4, 0.5) is 14.5 Å². The SMILES string of the molecule is CN1CCC[C@H](c2ccc(NCC(F)F)cn2)C1. The van der Waals surface area contributed by atoms with Crippen LogP contribution in [-0.2, 0) is 0 Å². The lowest BCUT2D eigenvalue weighted by atomic mass is 9.94. The van der Waals surface area contributed by atoms with Gasteiger partial charge in [0.2, 0.25) is 0 Å². The van der Waals surface area contributed by atoms with E-state index in [4.69, 9.17) is 0 Å². The standard InChI is InChI=1S/C13H19F2N3/c1-18-6-2-3-10(9-18)12-5-4-11(7-17-12)16-8-13(14)15/h4-5,7,10,13,16H,2-3,6,8-9H2,1H3/t10-/m0/s1. The zero-order valence-corrected chi connectivity index (χ0v) is 10.6. The van der Waals surface area contributed by atoms with Crippen LogP contribution in [0.5, 0.6) is 0 Å². The number of anilines is 1. The Hall–Kier alpha value is -1.23. The van der Waals surface area contributed by atoms with E-state index in [2.05, 4.69) is 22.2 Å². The predicted molar refractivity (Wildman–Crippen MR) is 68.2 cm³/mol. The van der Waals surface area contributed by atoms with Crippen LogP contribution < -0.4 is 5.32 Å². The minimum absolute atomic E-state index is 0.326. The summed E-state index contributed by atoms with van der Waals surface area (Å²) in [5.74, 6) is 0.466. The molecule has 1 atom stereocenters. The molecular formula is C13H19F2N3. The fourth-order valence-corrected chi connectivity index (χ4v) is 2.35. The molecule has 1 aromatic heterocycles. The van der Waals surface area contributed by atoms with Gasteiger partial charge in [0.15, 0.2) is 0 Å². The minimum Gasteiger partial charge on any atom is -0.378 e. The van der Waals surface area contributed by atoms with E-state index in [9.17, 15) is 8.78 Å². The van der Waals surface area contributed by atoms with E-state index in [1.165, 1.54) is 6.42 Å². The van der Waals surface area contributed by atoms with Crippen molar-refractivity contribution in [1.82, 2.24) is 9.88 Å². The van der Waals surface area contributed by atoms with Gasteiger partial charge in [0.1, 0.15) is 0 Å². The molecule has 1 aromatic rings. The number of hydrogen-bond donors (Lipinski definition) is 1. The molecule has 0 bridgehead atoms. The number of halogens is 2. The van der Waals surface area contributed by atoms with Crippen molar-refractivity contribution in [3.63, 3.8) is 0 Å². The van der Waals surface area contributed by atoms with Crippen LogP contribution in [0.2, 0.25) is 0 Å². The zero-order valence-electron chi connectivity index (χ0n) is 10.6.